The summed E-state index contributed by atoms with van der Waals surface area (Å²) in [6.07, 6.45) is -0.753. The van der Waals surface area contributed by atoms with Crippen LogP contribution in [-0.4, -0.2) is 68.3 Å². The molecule has 0 radical (unpaired) electrons. The Morgan fingerprint density at radius 1 is 1.30 bits per heavy atom. The Balaban J connectivity index is 1.63. The summed E-state index contributed by atoms with van der Waals surface area (Å²) in [6.45, 7) is 1.19. The molecule has 1 aliphatic heterocycles. The number of carbonyl (C=O) groups is 1. The van der Waals surface area contributed by atoms with E-state index < -0.39 is 24.7 Å². The van der Waals surface area contributed by atoms with Crippen LogP contribution in [0.15, 0.2) is 24.5 Å². The van der Waals surface area contributed by atoms with Crippen molar-refractivity contribution in [2.45, 2.75) is 26.1 Å². The summed E-state index contributed by atoms with van der Waals surface area (Å²) in [4.78, 5) is 26.5. The van der Waals surface area contributed by atoms with E-state index in [1.54, 1.807) is 17.2 Å². The number of alkyl halides is 3. The van der Waals surface area contributed by atoms with Crippen molar-refractivity contribution in [2.24, 2.45) is 5.92 Å². The van der Waals surface area contributed by atoms with Crippen molar-refractivity contribution >= 4 is 34.6 Å². The largest absolute Gasteiger partial charge is 0.481 e. The fraction of sp³-hybridized carbons (Fsp3) is 0.450. The molecule has 3 aromatic heterocycles. The van der Waals surface area contributed by atoms with Gasteiger partial charge in [-0.15, -0.1) is 0 Å². The van der Waals surface area contributed by atoms with E-state index in [0.717, 1.165) is 5.56 Å². The Morgan fingerprint density at radius 2 is 2.12 bits per heavy atom. The standard InChI is InChI=1S/C20H22F3N7O3/c1-12-2-3-15(24-8-12)27-17-16-14(9-25-30(16)6-7-33-11-20(21,22)23)26-19(28-17)29-5-4-13(10-29)18(31)32/h2-3,8-9,13H,4-7,10-11H2,1H3,(H,31,32)(H,24,26,27,28)/t13-/m0/s1. The van der Waals surface area contributed by atoms with Crippen LogP contribution in [0.5, 0.6) is 0 Å². The van der Waals surface area contributed by atoms with Crippen LogP contribution < -0.4 is 10.2 Å². The van der Waals surface area contributed by atoms with Crippen molar-refractivity contribution in [2.75, 3.05) is 36.5 Å². The maximum absolute atomic E-state index is 12.4. The van der Waals surface area contributed by atoms with E-state index in [-0.39, 0.29) is 19.7 Å². The van der Waals surface area contributed by atoms with Crippen LogP contribution in [0, 0.1) is 12.8 Å². The van der Waals surface area contributed by atoms with Crippen LogP contribution in [0.2, 0.25) is 0 Å². The minimum atomic E-state index is -4.41. The second-order valence-corrected chi connectivity index (χ2v) is 7.76. The van der Waals surface area contributed by atoms with E-state index in [0.29, 0.717) is 41.6 Å². The van der Waals surface area contributed by atoms with Crippen molar-refractivity contribution in [3.05, 3.63) is 30.1 Å². The first kappa shape index (κ1) is 22.7. The number of ether oxygens (including phenoxy) is 1. The number of aliphatic carboxylic acids is 1. The number of nitrogens with one attached hydrogen (secondary N) is 1. The summed E-state index contributed by atoms with van der Waals surface area (Å²) in [5.74, 6) is -0.162. The fourth-order valence-electron chi connectivity index (χ4n) is 3.53. The SMILES string of the molecule is Cc1ccc(Nc2nc(N3CC[C@H](C(=O)O)C3)nc3cnn(CCOCC(F)(F)F)c23)nc1. The van der Waals surface area contributed by atoms with Crippen molar-refractivity contribution in [1.29, 1.82) is 0 Å². The molecule has 13 heteroatoms. The predicted molar refractivity (Wildman–Crippen MR) is 112 cm³/mol. The van der Waals surface area contributed by atoms with Crippen LogP contribution in [0.1, 0.15) is 12.0 Å². The maximum atomic E-state index is 12.4. The van der Waals surface area contributed by atoms with Gasteiger partial charge in [0, 0.05) is 19.3 Å². The highest BCUT2D eigenvalue weighted by Crippen LogP contribution is 2.28. The molecular formula is C20H22F3N7O3. The zero-order valence-corrected chi connectivity index (χ0v) is 17.7. The molecule has 2 N–H and O–H groups in total. The van der Waals surface area contributed by atoms with Gasteiger partial charge in [0.2, 0.25) is 5.95 Å². The molecule has 4 heterocycles. The van der Waals surface area contributed by atoms with E-state index in [9.17, 15) is 23.1 Å². The number of fused-ring (bicyclic) bond motifs is 1. The van der Waals surface area contributed by atoms with E-state index in [4.69, 9.17) is 4.74 Å². The van der Waals surface area contributed by atoms with Crippen LogP contribution in [0.3, 0.4) is 0 Å². The Morgan fingerprint density at radius 3 is 2.79 bits per heavy atom. The van der Waals surface area contributed by atoms with E-state index >= 15 is 0 Å². The maximum Gasteiger partial charge on any atom is 0.411 e. The van der Waals surface area contributed by atoms with Crippen LogP contribution in [0.4, 0.5) is 30.8 Å². The highest BCUT2D eigenvalue weighted by atomic mass is 19.4. The topological polar surface area (TPSA) is 118 Å². The lowest BCUT2D eigenvalue weighted by Crippen LogP contribution is -2.24. The molecule has 1 aliphatic rings. The van der Waals surface area contributed by atoms with Gasteiger partial charge in [-0.3, -0.25) is 9.48 Å². The molecule has 33 heavy (non-hydrogen) atoms. The lowest BCUT2D eigenvalue weighted by molar-refractivity contribution is -0.174. The molecule has 0 unspecified atom stereocenters. The van der Waals surface area contributed by atoms with Gasteiger partial charge in [0.15, 0.2) is 5.82 Å². The number of nitrogens with zero attached hydrogens (tertiary/aromatic N) is 6. The lowest BCUT2D eigenvalue weighted by atomic mass is 10.1. The summed E-state index contributed by atoms with van der Waals surface area (Å²) in [6, 6.07) is 3.64. The molecule has 176 valence electrons. The van der Waals surface area contributed by atoms with Gasteiger partial charge in [0.25, 0.3) is 0 Å². The number of pyridine rings is 1. The number of rotatable bonds is 8. The average Bonchev–Trinajstić information content (AvgIpc) is 3.40. The van der Waals surface area contributed by atoms with Gasteiger partial charge in [-0.25, -0.2) is 9.97 Å². The molecule has 10 nitrogen and oxygen atoms in total. The van der Waals surface area contributed by atoms with Crippen LogP contribution >= 0.6 is 0 Å². The van der Waals surface area contributed by atoms with Crippen LogP contribution in [0.25, 0.3) is 11.0 Å². The number of halogens is 3. The molecular weight excluding hydrogens is 443 g/mol. The Bertz CT molecular complexity index is 1130. The molecule has 1 saturated heterocycles. The highest BCUT2D eigenvalue weighted by molar-refractivity contribution is 5.88. The molecule has 3 aromatic rings. The lowest BCUT2D eigenvalue weighted by Gasteiger charge is -2.18. The van der Waals surface area contributed by atoms with Crippen molar-refractivity contribution in [3.63, 3.8) is 0 Å². The van der Waals surface area contributed by atoms with E-state index in [2.05, 4.69) is 25.4 Å². The second kappa shape index (κ2) is 9.17. The number of carboxylic acids is 1. The first-order valence-corrected chi connectivity index (χ1v) is 10.2. The highest BCUT2D eigenvalue weighted by Gasteiger charge is 2.30. The molecule has 1 fully saturated rings. The number of carboxylic acid groups (broad SMARTS) is 1. The first-order chi connectivity index (χ1) is 15.7. The Labute approximate surface area is 186 Å². The molecule has 0 aliphatic carbocycles. The predicted octanol–water partition coefficient (Wildman–Crippen LogP) is 2.76. The van der Waals surface area contributed by atoms with Gasteiger partial charge in [0.05, 0.1) is 25.3 Å². The third-order valence-electron chi connectivity index (χ3n) is 5.17. The third-order valence-corrected chi connectivity index (χ3v) is 5.17. The summed E-state index contributed by atoms with van der Waals surface area (Å²) < 4.78 is 43.2. The molecule has 0 saturated carbocycles. The molecule has 0 bridgehead atoms. The molecule has 4 rings (SSSR count). The fourth-order valence-corrected chi connectivity index (χ4v) is 3.53. The normalized spacial score (nSPS) is 16.5. The van der Waals surface area contributed by atoms with Crippen LogP contribution in [-0.2, 0) is 16.1 Å². The Kier molecular flexibility index (Phi) is 6.31. The molecule has 1 atom stereocenters. The minimum absolute atomic E-state index is 0.0586. The van der Waals surface area contributed by atoms with Crippen molar-refractivity contribution in [3.8, 4) is 0 Å². The molecule has 0 spiro atoms. The number of aromatic nitrogens is 5. The molecule has 0 amide bonds. The van der Waals surface area contributed by atoms with Gasteiger partial charge in [-0.2, -0.15) is 23.3 Å². The number of hydrogen-bond acceptors (Lipinski definition) is 8. The van der Waals surface area contributed by atoms with Gasteiger partial charge < -0.3 is 20.1 Å². The van der Waals surface area contributed by atoms with Gasteiger partial charge in [-0.1, -0.05) is 6.07 Å². The van der Waals surface area contributed by atoms with E-state index in [1.165, 1.54) is 10.9 Å². The Hall–Kier alpha value is -3.48. The number of aryl methyl sites for hydroxylation is 1. The first-order valence-electron chi connectivity index (χ1n) is 10.2. The monoisotopic (exact) mass is 465 g/mol. The zero-order valence-electron chi connectivity index (χ0n) is 17.7. The quantitative estimate of drug-likeness (QED) is 0.484. The van der Waals surface area contributed by atoms with Gasteiger partial charge in [0.1, 0.15) is 23.5 Å². The summed E-state index contributed by atoms with van der Waals surface area (Å²) >= 11 is 0. The number of hydrogen-bond donors (Lipinski definition) is 2. The second-order valence-electron chi connectivity index (χ2n) is 7.76. The number of anilines is 3. The minimum Gasteiger partial charge on any atom is -0.481 e. The third kappa shape index (κ3) is 5.48. The van der Waals surface area contributed by atoms with E-state index in [1.807, 2.05) is 13.0 Å². The summed E-state index contributed by atoms with van der Waals surface area (Å²) in [5.41, 5.74) is 1.91. The zero-order chi connectivity index (χ0) is 23.6. The molecule has 0 aromatic carbocycles. The average molecular weight is 465 g/mol. The summed E-state index contributed by atoms with van der Waals surface area (Å²) in [7, 11) is 0. The van der Waals surface area contributed by atoms with Crippen molar-refractivity contribution < 1.29 is 27.8 Å². The van der Waals surface area contributed by atoms with Gasteiger partial charge in [-0.05, 0) is 25.0 Å². The summed E-state index contributed by atoms with van der Waals surface area (Å²) in [5, 5.41) is 16.7. The van der Waals surface area contributed by atoms with Gasteiger partial charge >= 0.3 is 12.1 Å². The smallest absolute Gasteiger partial charge is 0.411 e. The van der Waals surface area contributed by atoms with Crippen molar-refractivity contribution in [1.82, 2.24) is 24.7 Å².